The van der Waals surface area contributed by atoms with Gasteiger partial charge in [0, 0.05) is 10.6 Å². The average molecular weight is 292 g/mol. The summed E-state index contributed by atoms with van der Waals surface area (Å²) in [7, 11) is 0. The topological polar surface area (TPSA) is 66.5 Å². The highest BCUT2D eigenvalue weighted by Gasteiger charge is 2.08. The zero-order valence-electron chi connectivity index (χ0n) is 10.0. The molecule has 0 radical (unpaired) electrons. The van der Waals surface area contributed by atoms with Crippen molar-refractivity contribution in [3.8, 4) is 0 Å². The summed E-state index contributed by atoms with van der Waals surface area (Å²) in [4.78, 5) is 9.44. The Balaban J connectivity index is 2.02. The minimum atomic E-state index is 0.181. The van der Waals surface area contributed by atoms with Gasteiger partial charge in [0.05, 0.1) is 11.6 Å². The third-order valence-corrected chi connectivity index (χ3v) is 3.51. The minimum Gasteiger partial charge on any atom is -0.339 e. The lowest BCUT2D eigenvalue weighted by Gasteiger charge is -2.07. The monoisotopic (exact) mass is 291 g/mol. The van der Waals surface area contributed by atoms with Gasteiger partial charge in [0.25, 0.3) is 0 Å². The largest absolute Gasteiger partial charge is 0.339 e. The number of benzene rings is 1. The lowest BCUT2D eigenvalue weighted by molar-refractivity contribution is 1.09. The van der Waals surface area contributed by atoms with Gasteiger partial charge in [-0.05, 0) is 36.1 Å². The van der Waals surface area contributed by atoms with Crippen LogP contribution in [0, 0.1) is 0 Å². The number of aromatic amines is 1. The molecule has 0 atom stereocenters. The summed E-state index contributed by atoms with van der Waals surface area (Å²) in [5, 5.41) is 11.0. The maximum atomic E-state index is 5.89. The molecule has 5 nitrogen and oxygen atoms in total. The van der Waals surface area contributed by atoms with E-state index in [9.17, 15) is 0 Å². The molecule has 0 unspecified atom stereocenters. The molecule has 0 saturated heterocycles. The molecular formula is C12H10ClN5S. The molecule has 96 valence electrons. The Labute approximate surface area is 118 Å². The Morgan fingerprint density at radius 2 is 2.21 bits per heavy atom. The average Bonchev–Trinajstić information content (AvgIpc) is 2.87. The summed E-state index contributed by atoms with van der Waals surface area (Å²) in [5.74, 6) is 0.641. The second-order valence-corrected chi connectivity index (χ2v) is 5.05. The van der Waals surface area contributed by atoms with Gasteiger partial charge in [-0.2, -0.15) is 15.1 Å². The number of nitrogens with one attached hydrogen (secondary N) is 2. The molecule has 0 aliphatic rings. The van der Waals surface area contributed by atoms with Crippen LogP contribution in [0.15, 0.2) is 35.4 Å². The smallest absolute Gasteiger partial charge is 0.226 e. The molecule has 2 heterocycles. The number of fused-ring (bicyclic) bond motifs is 1. The summed E-state index contributed by atoms with van der Waals surface area (Å²) in [6.45, 7) is 0. The molecule has 0 spiro atoms. The maximum Gasteiger partial charge on any atom is 0.226 e. The van der Waals surface area contributed by atoms with E-state index in [0.717, 1.165) is 11.1 Å². The number of thioether (sulfide) groups is 1. The van der Waals surface area contributed by atoms with Crippen LogP contribution in [0.3, 0.4) is 0 Å². The predicted molar refractivity (Wildman–Crippen MR) is 78.2 cm³/mol. The van der Waals surface area contributed by atoms with E-state index in [0.29, 0.717) is 11.5 Å². The van der Waals surface area contributed by atoms with Gasteiger partial charge < -0.3 is 5.32 Å². The molecule has 7 heteroatoms. The Hall–Kier alpha value is -1.79. The van der Waals surface area contributed by atoms with Crippen molar-refractivity contribution in [2.45, 2.75) is 4.90 Å². The SMILES string of the molecule is CSc1cccc(Nc2nc(Cl)nc3[nH]ncc23)c1. The molecule has 1 aromatic carbocycles. The second kappa shape index (κ2) is 5.07. The Morgan fingerprint density at radius 1 is 1.32 bits per heavy atom. The van der Waals surface area contributed by atoms with Crippen molar-refractivity contribution >= 4 is 45.9 Å². The quantitative estimate of drug-likeness (QED) is 0.571. The number of hydrogen-bond acceptors (Lipinski definition) is 5. The zero-order valence-corrected chi connectivity index (χ0v) is 11.6. The van der Waals surface area contributed by atoms with E-state index in [-0.39, 0.29) is 5.28 Å². The summed E-state index contributed by atoms with van der Waals surface area (Å²) in [5.41, 5.74) is 1.56. The van der Waals surface area contributed by atoms with Crippen molar-refractivity contribution in [2.75, 3.05) is 11.6 Å². The van der Waals surface area contributed by atoms with E-state index in [2.05, 4.69) is 31.5 Å². The maximum absolute atomic E-state index is 5.89. The van der Waals surface area contributed by atoms with Crippen LogP contribution >= 0.6 is 23.4 Å². The van der Waals surface area contributed by atoms with Gasteiger partial charge in [-0.3, -0.25) is 5.10 Å². The highest BCUT2D eigenvalue weighted by Crippen LogP contribution is 2.26. The highest BCUT2D eigenvalue weighted by molar-refractivity contribution is 7.98. The van der Waals surface area contributed by atoms with Gasteiger partial charge in [-0.1, -0.05) is 6.07 Å². The minimum absolute atomic E-state index is 0.181. The summed E-state index contributed by atoms with van der Waals surface area (Å²) >= 11 is 7.58. The first-order valence-electron chi connectivity index (χ1n) is 5.54. The van der Waals surface area contributed by atoms with E-state index in [1.54, 1.807) is 18.0 Å². The van der Waals surface area contributed by atoms with E-state index in [1.807, 2.05) is 24.5 Å². The molecule has 0 saturated carbocycles. The Kier molecular flexibility index (Phi) is 3.27. The zero-order chi connectivity index (χ0) is 13.2. The number of aromatic nitrogens is 4. The number of rotatable bonds is 3. The Morgan fingerprint density at radius 3 is 3.05 bits per heavy atom. The number of H-pyrrole nitrogens is 1. The van der Waals surface area contributed by atoms with E-state index >= 15 is 0 Å². The highest BCUT2D eigenvalue weighted by atomic mass is 35.5. The summed E-state index contributed by atoms with van der Waals surface area (Å²) < 4.78 is 0. The van der Waals surface area contributed by atoms with Crippen molar-refractivity contribution < 1.29 is 0 Å². The molecule has 2 N–H and O–H groups in total. The molecule has 0 amide bonds. The Bertz CT molecular complexity index is 727. The fourth-order valence-corrected chi connectivity index (χ4v) is 2.37. The third-order valence-electron chi connectivity index (χ3n) is 2.61. The van der Waals surface area contributed by atoms with E-state index in [1.165, 1.54) is 4.90 Å². The van der Waals surface area contributed by atoms with E-state index in [4.69, 9.17) is 11.6 Å². The van der Waals surface area contributed by atoms with Gasteiger partial charge in [0.2, 0.25) is 5.28 Å². The molecule has 0 bridgehead atoms. The van der Waals surface area contributed by atoms with Crippen LogP contribution < -0.4 is 5.32 Å². The summed E-state index contributed by atoms with van der Waals surface area (Å²) in [6.07, 6.45) is 3.71. The number of hydrogen-bond donors (Lipinski definition) is 2. The molecule has 0 aliphatic carbocycles. The van der Waals surface area contributed by atoms with Crippen LogP contribution in [0.4, 0.5) is 11.5 Å². The third kappa shape index (κ3) is 2.50. The van der Waals surface area contributed by atoms with Gasteiger partial charge in [0.15, 0.2) is 5.65 Å². The number of anilines is 2. The molecule has 2 aromatic heterocycles. The molecule has 3 aromatic rings. The molecule has 3 rings (SSSR count). The van der Waals surface area contributed by atoms with Crippen LogP contribution in [0.25, 0.3) is 11.0 Å². The predicted octanol–water partition coefficient (Wildman–Crippen LogP) is 3.47. The fourth-order valence-electron chi connectivity index (χ4n) is 1.74. The number of halogens is 1. The van der Waals surface area contributed by atoms with Crippen LogP contribution in [-0.2, 0) is 0 Å². The van der Waals surface area contributed by atoms with Crippen molar-refractivity contribution in [1.82, 2.24) is 20.2 Å². The van der Waals surface area contributed by atoms with Crippen LogP contribution in [0.2, 0.25) is 5.28 Å². The first kappa shape index (κ1) is 12.3. The lowest BCUT2D eigenvalue weighted by Crippen LogP contribution is -1.96. The number of nitrogens with zero attached hydrogens (tertiary/aromatic N) is 3. The van der Waals surface area contributed by atoms with Crippen LogP contribution in [0.1, 0.15) is 0 Å². The first-order valence-corrected chi connectivity index (χ1v) is 7.14. The van der Waals surface area contributed by atoms with Gasteiger partial charge in [-0.15, -0.1) is 11.8 Å². The van der Waals surface area contributed by atoms with Gasteiger partial charge in [-0.25, -0.2) is 0 Å². The van der Waals surface area contributed by atoms with Crippen LogP contribution in [-0.4, -0.2) is 26.4 Å². The first-order chi connectivity index (χ1) is 9.26. The van der Waals surface area contributed by atoms with Crippen molar-refractivity contribution in [1.29, 1.82) is 0 Å². The molecule has 0 fully saturated rings. The molecule has 0 aliphatic heterocycles. The molecular weight excluding hydrogens is 282 g/mol. The van der Waals surface area contributed by atoms with E-state index < -0.39 is 0 Å². The fraction of sp³-hybridized carbons (Fsp3) is 0.0833. The molecule has 19 heavy (non-hydrogen) atoms. The second-order valence-electron chi connectivity index (χ2n) is 3.83. The van der Waals surface area contributed by atoms with Gasteiger partial charge in [0.1, 0.15) is 5.82 Å². The van der Waals surface area contributed by atoms with Crippen LogP contribution in [0.5, 0.6) is 0 Å². The van der Waals surface area contributed by atoms with Crippen molar-refractivity contribution in [3.05, 3.63) is 35.7 Å². The van der Waals surface area contributed by atoms with Crippen molar-refractivity contribution in [3.63, 3.8) is 0 Å². The normalized spacial score (nSPS) is 10.8. The standard InChI is InChI=1S/C12H10ClN5S/c1-19-8-4-2-3-7(5-8)15-10-9-6-14-18-11(9)17-12(13)16-10/h2-6H,1H3,(H2,14,15,16,17,18). The van der Waals surface area contributed by atoms with Gasteiger partial charge >= 0.3 is 0 Å². The summed E-state index contributed by atoms with van der Waals surface area (Å²) in [6, 6.07) is 8.06. The van der Waals surface area contributed by atoms with Crippen molar-refractivity contribution in [2.24, 2.45) is 0 Å². The lowest BCUT2D eigenvalue weighted by atomic mass is 10.3.